The second kappa shape index (κ2) is 11.1. The molecule has 180 valence electrons. The molecule has 8 nitrogen and oxygen atoms in total. The molecule has 0 amide bonds. The molecule has 0 bridgehead atoms. The minimum atomic E-state index is -0.598. The molecule has 0 aliphatic carbocycles. The Morgan fingerprint density at radius 2 is 1.31 bits per heavy atom. The van der Waals surface area contributed by atoms with Crippen LogP contribution in [0.3, 0.4) is 0 Å². The molecular formula is C27H25NO7. The molecule has 0 aliphatic rings. The molecule has 0 atom stereocenters. The molecule has 8 heteroatoms. The summed E-state index contributed by atoms with van der Waals surface area (Å²) in [6.07, 6.45) is 0. The Kier molecular flexibility index (Phi) is 7.52. The molecule has 0 saturated heterocycles. The van der Waals surface area contributed by atoms with Crippen LogP contribution in [0.2, 0.25) is 0 Å². The van der Waals surface area contributed by atoms with Gasteiger partial charge in [-0.25, -0.2) is 4.79 Å². The summed E-state index contributed by atoms with van der Waals surface area (Å²) < 4.78 is 32.4. The fourth-order valence-corrected chi connectivity index (χ4v) is 3.27. The van der Waals surface area contributed by atoms with Crippen molar-refractivity contribution < 1.29 is 33.0 Å². The molecule has 0 fully saturated rings. The van der Waals surface area contributed by atoms with Crippen LogP contribution in [-0.4, -0.2) is 32.5 Å². The summed E-state index contributed by atoms with van der Waals surface area (Å²) in [7, 11) is 4.53. The third kappa shape index (κ3) is 5.92. The lowest BCUT2D eigenvalue weighted by Gasteiger charge is -2.14. The zero-order chi connectivity index (χ0) is 24.6. The number of aromatic nitrogens is 1. The maximum atomic E-state index is 11.7. The van der Waals surface area contributed by atoms with Crippen molar-refractivity contribution in [3.8, 4) is 34.3 Å². The van der Waals surface area contributed by atoms with Crippen LogP contribution in [0.15, 0.2) is 77.3 Å². The zero-order valence-electron chi connectivity index (χ0n) is 19.6. The quantitative estimate of drug-likeness (QED) is 0.285. The van der Waals surface area contributed by atoms with E-state index in [0.29, 0.717) is 36.0 Å². The molecule has 4 rings (SSSR count). The van der Waals surface area contributed by atoms with Crippen LogP contribution in [0.25, 0.3) is 11.3 Å². The lowest BCUT2D eigenvalue weighted by atomic mass is 10.1. The molecule has 0 saturated carbocycles. The molecule has 1 heterocycles. The van der Waals surface area contributed by atoms with E-state index >= 15 is 0 Å². The van der Waals surface area contributed by atoms with Crippen LogP contribution < -0.4 is 18.9 Å². The number of carbonyl (C=O) groups excluding carboxylic acids is 1. The van der Waals surface area contributed by atoms with Crippen molar-refractivity contribution in [3.63, 3.8) is 0 Å². The van der Waals surface area contributed by atoms with Gasteiger partial charge in [0, 0.05) is 11.6 Å². The molecule has 0 unspecified atom stereocenters. The third-order valence-electron chi connectivity index (χ3n) is 5.24. The first-order chi connectivity index (χ1) is 17.1. The van der Waals surface area contributed by atoms with Crippen molar-refractivity contribution in [1.29, 1.82) is 0 Å². The summed E-state index contributed by atoms with van der Waals surface area (Å²) in [6, 6.07) is 22.2. The van der Waals surface area contributed by atoms with Crippen LogP contribution in [0.4, 0.5) is 0 Å². The molecule has 0 spiro atoms. The number of methoxy groups -OCH3 is 3. The normalized spacial score (nSPS) is 10.5. The Morgan fingerprint density at radius 3 is 1.86 bits per heavy atom. The highest BCUT2D eigenvalue weighted by Crippen LogP contribution is 2.34. The smallest absolute Gasteiger partial charge is 0.376 e. The van der Waals surface area contributed by atoms with Gasteiger partial charge in [-0.15, -0.1) is 0 Å². The Balaban J connectivity index is 1.56. The van der Waals surface area contributed by atoms with Crippen LogP contribution in [0, 0.1) is 0 Å². The van der Waals surface area contributed by atoms with Gasteiger partial charge in [0.05, 0.1) is 21.3 Å². The van der Waals surface area contributed by atoms with E-state index in [2.05, 4.69) is 9.89 Å². The largest absolute Gasteiger partial charge is 0.497 e. The number of nitrogens with zero attached hydrogens (tertiary/aromatic N) is 1. The summed E-state index contributed by atoms with van der Waals surface area (Å²) in [5, 5.41) is 3.98. The number of hydrogen-bond acceptors (Lipinski definition) is 8. The minimum absolute atomic E-state index is 0.0167. The van der Waals surface area contributed by atoms with Gasteiger partial charge in [-0.2, -0.15) is 0 Å². The first-order valence-corrected chi connectivity index (χ1v) is 10.8. The zero-order valence-corrected chi connectivity index (χ0v) is 19.6. The van der Waals surface area contributed by atoms with Gasteiger partial charge >= 0.3 is 5.97 Å². The lowest BCUT2D eigenvalue weighted by Crippen LogP contribution is -2.01. The van der Waals surface area contributed by atoms with E-state index in [-0.39, 0.29) is 5.76 Å². The van der Waals surface area contributed by atoms with E-state index in [1.807, 2.05) is 54.6 Å². The van der Waals surface area contributed by atoms with Crippen molar-refractivity contribution in [2.24, 2.45) is 0 Å². The van der Waals surface area contributed by atoms with Crippen molar-refractivity contribution in [3.05, 3.63) is 89.7 Å². The Bertz CT molecular complexity index is 1260. The Hall–Kier alpha value is -4.46. The van der Waals surface area contributed by atoms with Crippen LogP contribution in [0.5, 0.6) is 23.0 Å². The van der Waals surface area contributed by atoms with E-state index in [4.69, 9.17) is 23.5 Å². The maximum Gasteiger partial charge on any atom is 0.376 e. The highest BCUT2D eigenvalue weighted by molar-refractivity contribution is 5.87. The van der Waals surface area contributed by atoms with Gasteiger partial charge in [-0.1, -0.05) is 29.4 Å². The van der Waals surface area contributed by atoms with Gasteiger partial charge < -0.3 is 28.2 Å². The molecular weight excluding hydrogens is 450 g/mol. The number of esters is 1. The first kappa shape index (κ1) is 23.7. The highest BCUT2D eigenvalue weighted by atomic mass is 16.5. The van der Waals surface area contributed by atoms with Crippen molar-refractivity contribution in [2.75, 3.05) is 21.3 Å². The van der Waals surface area contributed by atoms with E-state index in [9.17, 15) is 4.79 Å². The molecule has 0 aliphatic heterocycles. The minimum Gasteiger partial charge on any atom is -0.497 e. The van der Waals surface area contributed by atoms with Gasteiger partial charge in [-0.05, 0) is 53.6 Å². The average Bonchev–Trinajstić information content (AvgIpc) is 3.41. The van der Waals surface area contributed by atoms with Gasteiger partial charge in [0.15, 0.2) is 11.5 Å². The van der Waals surface area contributed by atoms with E-state index < -0.39 is 5.97 Å². The maximum absolute atomic E-state index is 11.7. The molecule has 4 aromatic rings. The van der Waals surface area contributed by atoms with Gasteiger partial charge in [0.2, 0.25) is 5.76 Å². The molecule has 1 aromatic heterocycles. The Morgan fingerprint density at radius 1 is 0.743 bits per heavy atom. The van der Waals surface area contributed by atoms with Crippen molar-refractivity contribution in [2.45, 2.75) is 13.2 Å². The summed E-state index contributed by atoms with van der Waals surface area (Å²) in [6.45, 7) is 0.664. The van der Waals surface area contributed by atoms with E-state index in [1.54, 1.807) is 26.4 Å². The number of hydrogen-bond donors (Lipinski definition) is 0. The fraction of sp³-hybridized carbons (Fsp3) is 0.185. The molecule has 3 aromatic carbocycles. The summed E-state index contributed by atoms with van der Waals surface area (Å²) in [5.41, 5.74) is 3.12. The second-order valence-electron chi connectivity index (χ2n) is 7.50. The summed E-state index contributed by atoms with van der Waals surface area (Å²) >= 11 is 0. The number of ether oxygens (including phenoxy) is 5. The lowest BCUT2D eigenvalue weighted by molar-refractivity contribution is 0.0554. The number of carbonyl (C=O) groups is 1. The van der Waals surface area contributed by atoms with Gasteiger partial charge in [0.1, 0.15) is 30.4 Å². The van der Waals surface area contributed by atoms with Crippen LogP contribution in [0.1, 0.15) is 21.7 Å². The number of benzene rings is 3. The summed E-state index contributed by atoms with van der Waals surface area (Å²) in [4.78, 5) is 11.7. The SMILES string of the molecule is COC(=O)c1cc(-c2ccc(OCc3ccc(OC)cc3)c(OCc3ccc(OC)cc3)c2)no1. The predicted molar refractivity (Wildman–Crippen MR) is 128 cm³/mol. The number of rotatable bonds is 10. The van der Waals surface area contributed by atoms with Crippen molar-refractivity contribution in [1.82, 2.24) is 5.16 Å². The van der Waals surface area contributed by atoms with Gasteiger partial charge in [0.25, 0.3) is 0 Å². The first-order valence-electron chi connectivity index (χ1n) is 10.8. The van der Waals surface area contributed by atoms with Crippen LogP contribution >= 0.6 is 0 Å². The fourth-order valence-electron chi connectivity index (χ4n) is 3.27. The van der Waals surface area contributed by atoms with E-state index in [1.165, 1.54) is 13.2 Å². The van der Waals surface area contributed by atoms with E-state index in [0.717, 1.165) is 22.6 Å². The topological polar surface area (TPSA) is 89.3 Å². The standard InChI is InChI=1S/C27H25NO7/c1-30-21-9-4-18(5-10-21)16-33-24-13-8-20(23-15-26(35-28-23)27(29)32-3)14-25(24)34-17-19-6-11-22(31-2)12-7-19/h4-15H,16-17H2,1-3H3. The van der Waals surface area contributed by atoms with Crippen molar-refractivity contribution >= 4 is 5.97 Å². The molecule has 0 radical (unpaired) electrons. The summed E-state index contributed by atoms with van der Waals surface area (Å²) in [5.74, 6) is 2.05. The second-order valence-corrected chi connectivity index (χ2v) is 7.50. The monoisotopic (exact) mass is 475 g/mol. The Labute approximate surface area is 202 Å². The molecule has 35 heavy (non-hydrogen) atoms. The third-order valence-corrected chi connectivity index (χ3v) is 5.24. The predicted octanol–water partition coefficient (Wildman–Crippen LogP) is 5.30. The average molecular weight is 475 g/mol. The molecule has 0 N–H and O–H groups in total. The van der Waals surface area contributed by atoms with Gasteiger partial charge in [-0.3, -0.25) is 0 Å². The van der Waals surface area contributed by atoms with Crippen LogP contribution in [-0.2, 0) is 18.0 Å². The highest BCUT2D eigenvalue weighted by Gasteiger charge is 2.16.